The van der Waals surface area contributed by atoms with Gasteiger partial charge in [-0.05, 0) is 12.1 Å². The highest BCUT2D eigenvalue weighted by Crippen LogP contribution is 2.06. The summed E-state index contributed by atoms with van der Waals surface area (Å²) in [4.78, 5) is 10.5. The Morgan fingerprint density at radius 3 is 2.50 bits per heavy atom. The third-order valence-corrected chi connectivity index (χ3v) is 1.72. The van der Waals surface area contributed by atoms with E-state index in [0.29, 0.717) is 18.5 Å². The van der Waals surface area contributed by atoms with Gasteiger partial charge in [-0.1, -0.05) is 11.8 Å². The Kier molecular flexibility index (Phi) is 4.46. The molecule has 1 amide bonds. The number of carbonyl (C=O) groups is 1. The molecule has 0 aliphatic rings. The van der Waals surface area contributed by atoms with E-state index < -0.39 is 11.6 Å². The number of rotatable bonds is 2. The second-order valence-corrected chi connectivity index (χ2v) is 3.19. The second-order valence-electron chi connectivity index (χ2n) is 3.19. The fourth-order valence-electron chi connectivity index (χ4n) is 1.09. The summed E-state index contributed by atoms with van der Waals surface area (Å²) < 4.78 is 25.5. The van der Waals surface area contributed by atoms with E-state index in [-0.39, 0.29) is 5.91 Å². The van der Waals surface area contributed by atoms with Crippen LogP contribution in [0.2, 0.25) is 0 Å². The lowest BCUT2D eigenvalue weighted by molar-refractivity contribution is -0.118. The van der Waals surface area contributed by atoms with Gasteiger partial charge in [0.2, 0.25) is 5.91 Å². The zero-order chi connectivity index (χ0) is 12.0. The van der Waals surface area contributed by atoms with Gasteiger partial charge in [0, 0.05) is 31.5 Å². The maximum absolute atomic E-state index is 12.7. The molecule has 0 heterocycles. The minimum atomic E-state index is -0.647. The normalized spacial score (nSPS) is 9.19. The summed E-state index contributed by atoms with van der Waals surface area (Å²) in [5.74, 6) is 3.91. The van der Waals surface area contributed by atoms with Crippen LogP contribution in [0.25, 0.3) is 0 Å². The SMILES string of the molecule is CC(=O)NCCC#Cc1cc(F)cc(F)c1. The number of halogens is 2. The van der Waals surface area contributed by atoms with Crippen molar-refractivity contribution in [3.05, 3.63) is 35.4 Å². The molecule has 0 unspecified atom stereocenters. The number of benzene rings is 1. The Hall–Kier alpha value is -1.89. The van der Waals surface area contributed by atoms with E-state index in [1.807, 2.05) is 0 Å². The van der Waals surface area contributed by atoms with Crippen molar-refractivity contribution in [2.24, 2.45) is 0 Å². The molecule has 0 aliphatic heterocycles. The maximum Gasteiger partial charge on any atom is 0.216 e. The molecule has 16 heavy (non-hydrogen) atoms. The fraction of sp³-hybridized carbons (Fsp3) is 0.250. The summed E-state index contributed by atoms with van der Waals surface area (Å²) in [6.07, 6.45) is 0.442. The number of hydrogen-bond acceptors (Lipinski definition) is 1. The molecule has 0 aromatic heterocycles. The van der Waals surface area contributed by atoms with Crippen LogP contribution >= 0.6 is 0 Å². The third-order valence-electron chi connectivity index (χ3n) is 1.72. The third kappa shape index (κ3) is 4.56. The molecule has 0 saturated heterocycles. The van der Waals surface area contributed by atoms with Crippen LogP contribution in [-0.2, 0) is 4.79 Å². The largest absolute Gasteiger partial charge is 0.355 e. The lowest BCUT2D eigenvalue weighted by atomic mass is 10.2. The minimum Gasteiger partial charge on any atom is -0.355 e. The lowest BCUT2D eigenvalue weighted by Crippen LogP contribution is -2.20. The molecule has 2 nitrogen and oxygen atoms in total. The van der Waals surface area contributed by atoms with E-state index in [1.165, 1.54) is 6.92 Å². The van der Waals surface area contributed by atoms with Gasteiger partial charge in [-0.25, -0.2) is 8.78 Å². The van der Waals surface area contributed by atoms with Crippen molar-refractivity contribution in [1.82, 2.24) is 5.32 Å². The maximum atomic E-state index is 12.7. The van der Waals surface area contributed by atoms with E-state index >= 15 is 0 Å². The standard InChI is InChI=1S/C12H11F2NO/c1-9(16)15-5-3-2-4-10-6-11(13)8-12(14)7-10/h6-8H,3,5H2,1H3,(H,15,16). The highest BCUT2D eigenvalue weighted by molar-refractivity contribution is 5.72. The predicted molar refractivity (Wildman–Crippen MR) is 56.5 cm³/mol. The summed E-state index contributed by atoms with van der Waals surface area (Å²) in [7, 11) is 0. The highest BCUT2D eigenvalue weighted by atomic mass is 19.1. The van der Waals surface area contributed by atoms with E-state index in [9.17, 15) is 13.6 Å². The van der Waals surface area contributed by atoms with Crippen molar-refractivity contribution < 1.29 is 13.6 Å². The van der Waals surface area contributed by atoms with E-state index in [1.54, 1.807) is 0 Å². The Morgan fingerprint density at radius 1 is 1.31 bits per heavy atom. The van der Waals surface area contributed by atoms with E-state index in [2.05, 4.69) is 17.2 Å². The Morgan fingerprint density at radius 2 is 1.94 bits per heavy atom. The zero-order valence-corrected chi connectivity index (χ0v) is 8.81. The first-order valence-corrected chi connectivity index (χ1v) is 4.77. The van der Waals surface area contributed by atoms with E-state index in [4.69, 9.17) is 0 Å². The van der Waals surface area contributed by atoms with Gasteiger partial charge in [0.15, 0.2) is 0 Å². The van der Waals surface area contributed by atoms with Crippen molar-refractivity contribution >= 4 is 5.91 Å². The number of hydrogen-bond donors (Lipinski definition) is 1. The number of amides is 1. The summed E-state index contributed by atoms with van der Waals surface area (Å²) >= 11 is 0. The van der Waals surface area contributed by atoms with Crippen LogP contribution in [-0.4, -0.2) is 12.5 Å². The number of carbonyl (C=O) groups excluding carboxylic acids is 1. The smallest absolute Gasteiger partial charge is 0.216 e. The molecule has 4 heteroatoms. The molecule has 0 saturated carbocycles. The molecule has 1 aromatic rings. The monoisotopic (exact) mass is 223 g/mol. The summed E-state index contributed by atoms with van der Waals surface area (Å²) in [5, 5.41) is 2.56. The van der Waals surface area contributed by atoms with Crippen LogP contribution in [0.4, 0.5) is 8.78 Å². The topological polar surface area (TPSA) is 29.1 Å². The van der Waals surface area contributed by atoms with Crippen molar-refractivity contribution in [3.63, 3.8) is 0 Å². The molecule has 0 fully saturated rings. The van der Waals surface area contributed by atoms with Crippen LogP contribution in [0.1, 0.15) is 18.9 Å². The second kappa shape index (κ2) is 5.86. The Balaban J connectivity index is 2.53. The molecular formula is C12H11F2NO. The van der Waals surface area contributed by atoms with Crippen molar-refractivity contribution in [3.8, 4) is 11.8 Å². The number of nitrogens with one attached hydrogen (secondary N) is 1. The first-order chi connectivity index (χ1) is 7.58. The van der Waals surface area contributed by atoms with Gasteiger partial charge in [-0.2, -0.15) is 0 Å². The molecule has 0 radical (unpaired) electrons. The minimum absolute atomic E-state index is 0.126. The van der Waals surface area contributed by atoms with Crippen LogP contribution in [0.15, 0.2) is 18.2 Å². The average Bonchev–Trinajstić information content (AvgIpc) is 2.15. The van der Waals surface area contributed by atoms with Gasteiger partial charge in [0.05, 0.1) is 0 Å². The van der Waals surface area contributed by atoms with Gasteiger partial charge in [0.25, 0.3) is 0 Å². The van der Waals surface area contributed by atoms with Crippen LogP contribution in [0, 0.1) is 23.5 Å². The predicted octanol–water partition coefficient (Wildman–Crippen LogP) is 1.84. The lowest BCUT2D eigenvalue weighted by Gasteiger charge is -1.95. The molecule has 1 aromatic carbocycles. The molecule has 0 bridgehead atoms. The summed E-state index contributed by atoms with van der Waals surface area (Å²) in [6.45, 7) is 1.84. The van der Waals surface area contributed by atoms with E-state index in [0.717, 1.165) is 18.2 Å². The van der Waals surface area contributed by atoms with Crippen molar-refractivity contribution in [2.75, 3.05) is 6.54 Å². The molecule has 1 N–H and O–H groups in total. The molecule has 84 valence electrons. The summed E-state index contributed by atoms with van der Waals surface area (Å²) in [5.41, 5.74) is 0.292. The van der Waals surface area contributed by atoms with Gasteiger partial charge in [-0.15, -0.1) is 0 Å². The fourth-order valence-corrected chi connectivity index (χ4v) is 1.09. The van der Waals surface area contributed by atoms with Gasteiger partial charge < -0.3 is 5.32 Å². The van der Waals surface area contributed by atoms with Gasteiger partial charge in [0.1, 0.15) is 11.6 Å². The first-order valence-electron chi connectivity index (χ1n) is 4.77. The quantitative estimate of drug-likeness (QED) is 0.601. The Labute approximate surface area is 92.7 Å². The van der Waals surface area contributed by atoms with Gasteiger partial charge in [-0.3, -0.25) is 4.79 Å². The molecule has 0 atom stereocenters. The van der Waals surface area contributed by atoms with Crippen molar-refractivity contribution in [2.45, 2.75) is 13.3 Å². The Bertz CT molecular complexity index is 426. The molecular weight excluding hydrogens is 212 g/mol. The average molecular weight is 223 g/mol. The zero-order valence-electron chi connectivity index (χ0n) is 8.81. The van der Waals surface area contributed by atoms with Crippen LogP contribution < -0.4 is 5.32 Å². The van der Waals surface area contributed by atoms with Gasteiger partial charge >= 0.3 is 0 Å². The first kappa shape index (κ1) is 12.2. The highest BCUT2D eigenvalue weighted by Gasteiger charge is 1.96. The summed E-state index contributed by atoms with van der Waals surface area (Å²) in [6, 6.07) is 3.12. The van der Waals surface area contributed by atoms with Crippen molar-refractivity contribution in [1.29, 1.82) is 0 Å². The molecule has 0 aliphatic carbocycles. The van der Waals surface area contributed by atoms with Crippen LogP contribution in [0.3, 0.4) is 0 Å². The molecule has 1 rings (SSSR count). The molecule has 0 spiro atoms. The van der Waals surface area contributed by atoms with Crippen LogP contribution in [0.5, 0.6) is 0 Å².